The van der Waals surface area contributed by atoms with E-state index in [0.29, 0.717) is 17.1 Å². The molecule has 4 N–H and O–H groups in total. The molecule has 8 heteroatoms. The molecule has 106 valence electrons. The number of aliphatic hydroxyl groups excluding tert-OH is 1. The maximum absolute atomic E-state index is 12.9. The minimum absolute atomic E-state index is 0.0126. The van der Waals surface area contributed by atoms with E-state index in [9.17, 15) is 13.2 Å². The average Bonchev–Trinajstić information content (AvgIpc) is 2.37. The van der Waals surface area contributed by atoms with E-state index < -0.39 is 17.6 Å². The molecule has 0 saturated heterocycles. The van der Waals surface area contributed by atoms with E-state index in [0.717, 1.165) is 6.07 Å². The quantitative estimate of drug-likeness (QED) is 0.194. The van der Waals surface area contributed by atoms with Crippen LogP contribution in [0.5, 0.6) is 0 Å². The molecular weight excluding hydrogens is 281 g/mol. The number of thioether (sulfide) groups is 1. The number of amidine groups is 1. The van der Waals surface area contributed by atoms with Gasteiger partial charge in [0.2, 0.25) is 0 Å². The first-order chi connectivity index (χ1) is 8.90. The number of nitrogens with two attached hydrogens (primary N) is 1. The van der Waals surface area contributed by atoms with Gasteiger partial charge >= 0.3 is 6.18 Å². The highest BCUT2D eigenvalue weighted by Gasteiger charge is 2.34. The number of hydrogen-bond donors (Lipinski definition) is 3. The molecule has 0 bridgehead atoms. The summed E-state index contributed by atoms with van der Waals surface area (Å²) in [6.07, 6.45) is -4.09. The number of nitrogens with zero attached hydrogens (tertiary/aromatic N) is 1. The Hall–Kier alpha value is -1.41. The molecule has 0 aromatic heterocycles. The highest BCUT2D eigenvalue weighted by molar-refractivity contribution is 7.99. The molecule has 1 aromatic rings. The van der Waals surface area contributed by atoms with Crippen LogP contribution in [0.25, 0.3) is 0 Å². The summed E-state index contributed by atoms with van der Waals surface area (Å²) in [5.41, 5.74) is 3.92. The van der Waals surface area contributed by atoms with E-state index in [4.69, 9.17) is 16.0 Å². The Labute approximate surface area is 112 Å². The van der Waals surface area contributed by atoms with Gasteiger partial charge in [0.05, 0.1) is 5.56 Å². The summed E-state index contributed by atoms with van der Waals surface area (Å²) < 4.78 is 38.6. The molecule has 0 fully saturated rings. The van der Waals surface area contributed by atoms with Crippen LogP contribution in [-0.2, 0) is 6.18 Å². The predicted octanol–water partition coefficient (Wildman–Crippen LogP) is 2.27. The van der Waals surface area contributed by atoms with Gasteiger partial charge in [-0.2, -0.15) is 13.2 Å². The number of aliphatic hydroxyl groups is 1. The lowest BCUT2D eigenvalue weighted by Crippen LogP contribution is -2.20. The predicted molar refractivity (Wildman–Crippen MR) is 66.4 cm³/mol. The van der Waals surface area contributed by atoms with Gasteiger partial charge < -0.3 is 16.0 Å². The number of oxime groups is 1. The third kappa shape index (κ3) is 4.32. The molecule has 1 aromatic carbocycles. The van der Waals surface area contributed by atoms with Crippen molar-refractivity contribution in [2.24, 2.45) is 10.9 Å². The van der Waals surface area contributed by atoms with Crippen molar-refractivity contribution >= 4 is 17.6 Å². The average molecular weight is 294 g/mol. The highest BCUT2D eigenvalue weighted by atomic mass is 32.2. The monoisotopic (exact) mass is 294 g/mol. The van der Waals surface area contributed by atoms with Crippen LogP contribution in [0.15, 0.2) is 28.3 Å². The summed E-state index contributed by atoms with van der Waals surface area (Å²) in [7, 11) is 0. The maximum Gasteiger partial charge on any atom is 0.417 e. The highest BCUT2D eigenvalue weighted by Crippen LogP contribution is 2.34. The molecule has 4 nitrogen and oxygen atoms in total. The van der Waals surface area contributed by atoms with E-state index in [1.165, 1.54) is 23.9 Å². The second kappa shape index (κ2) is 6.67. The Morgan fingerprint density at radius 3 is 2.58 bits per heavy atom. The van der Waals surface area contributed by atoms with E-state index >= 15 is 0 Å². The zero-order valence-electron chi connectivity index (χ0n) is 9.81. The van der Waals surface area contributed by atoms with Gasteiger partial charge in [-0.05, 0) is 24.6 Å². The Morgan fingerprint density at radius 2 is 2.05 bits per heavy atom. The molecule has 0 aliphatic heterocycles. The topological polar surface area (TPSA) is 78.8 Å². The van der Waals surface area contributed by atoms with Crippen molar-refractivity contribution in [2.45, 2.75) is 17.5 Å². The minimum atomic E-state index is -4.59. The van der Waals surface area contributed by atoms with E-state index in [2.05, 4.69) is 5.16 Å². The zero-order chi connectivity index (χ0) is 14.5. The molecule has 0 saturated carbocycles. The smallest absolute Gasteiger partial charge is 0.409 e. The van der Waals surface area contributed by atoms with Crippen molar-refractivity contribution in [1.82, 2.24) is 0 Å². The van der Waals surface area contributed by atoms with Crippen molar-refractivity contribution in [2.75, 3.05) is 12.4 Å². The third-order valence-corrected chi connectivity index (χ3v) is 3.33. The first kappa shape index (κ1) is 15.6. The standard InChI is InChI=1S/C11H13F3N2O2S/c12-11(13,14)9-6-7(19-5-1-4-17)2-3-8(9)10(15)16-18/h2-3,6,17-18H,1,4-5H2,(H2,15,16). The maximum atomic E-state index is 12.9. The Kier molecular flexibility index (Phi) is 5.49. The molecule has 0 aliphatic rings. The molecule has 0 spiro atoms. The summed E-state index contributed by atoms with van der Waals surface area (Å²) in [5, 5.41) is 19.7. The molecular formula is C11H13F3N2O2S. The molecule has 0 atom stereocenters. The summed E-state index contributed by atoms with van der Waals surface area (Å²) >= 11 is 1.20. The van der Waals surface area contributed by atoms with Gasteiger partial charge in [0.25, 0.3) is 0 Å². The van der Waals surface area contributed by atoms with Crippen molar-refractivity contribution in [3.05, 3.63) is 29.3 Å². The minimum Gasteiger partial charge on any atom is -0.409 e. The molecule has 0 amide bonds. The molecule has 0 aliphatic carbocycles. The van der Waals surface area contributed by atoms with Crippen molar-refractivity contribution in [3.8, 4) is 0 Å². The molecule has 0 radical (unpaired) electrons. The first-order valence-corrected chi connectivity index (χ1v) is 6.31. The van der Waals surface area contributed by atoms with E-state index in [1.54, 1.807) is 0 Å². The number of rotatable bonds is 5. The molecule has 19 heavy (non-hydrogen) atoms. The molecule has 0 heterocycles. The fourth-order valence-electron chi connectivity index (χ4n) is 1.38. The van der Waals surface area contributed by atoms with Crippen LogP contribution in [0, 0.1) is 0 Å². The van der Waals surface area contributed by atoms with Crippen LogP contribution in [0.1, 0.15) is 17.5 Å². The molecule has 0 unspecified atom stereocenters. The molecule has 1 rings (SSSR count). The number of benzene rings is 1. The second-order valence-electron chi connectivity index (χ2n) is 3.62. The van der Waals surface area contributed by atoms with Crippen LogP contribution >= 0.6 is 11.8 Å². The van der Waals surface area contributed by atoms with Crippen LogP contribution < -0.4 is 5.73 Å². The number of hydrogen-bond acceptors (Lipinski definition) is 4. The number of alkyl halides is 3. The van der Waals surface area contributed by atoms with E-state index in [1.807, 2.05) is 0 Å². The van der Waals surface area contributed by atoms with Gasteiger partial charge in [-0.3, -0.25) is 0 Å². The second-order valence-corrected chi connectivity index (χ2v) is 4.78. The zero-order valence-corrected chi connectivity index (χ0v) is 10.6. The van der Waals surface area contributed by atoms with Crippen LogP contribution in [0.2, 0.25) is 0 Å². The lowest BCUT2D eigenvalue weighted by Gasteiger charge is -2.13. The van der Waals surface area contributed by atoms with Gasteiger partial charge in [-0.15, -0.1) is 11.8 Å². The van der Waals surface area contributed by atoms with E-state index in [-0.39, 0.29) is 12.2 Å². The summed E-state index contributed by atoms with van der Waals surface area (Å²) in [4.78, 5) is 0.412. The van der Waals surface area contributed by atoms with Gasteiger partial charge in [-0.1, -0.05) is 5.16 Å². The normalized spacial score (nSPS) is 12.7. The number of halogens is 3. The first-order valence-electron chi connectivity index (χ1n) is 5.33. The summed E-state index contributed by atoms with van der Waals surface area (Å²) in [6, 6.07) is 3.58. The van der Waals surface area contributed by atoms with Crippen molar-refractivity contribution < 1.29 is 23.5 Å². The Balaban J connectivity index is 3.09. The van der Waals surface area contributed by atoms with Crippen LogP contribution in [0.4, 0.5) is 13.2 Å². The van der Waals surface area contributed by atoms with Crippen molar-refractivity contribution in [3.63, 3.8) is 0 Å². The van der Waals surface area contributed by atoms with Gasteiger partial charge in [0, 0.05) is 22.8 Å². The summed E-state index contributed by atoms with van der Waals surface area (Å²) in [5.74, 6) is -0.0734. The van der Waals surface area contributed by atoms with Crippen LogP contribution in [0.3, 0.4) is 0 Å². The Morgan fingerprint density at radius 1 is 1.37 bits per heavy atom. The fourth-order valence-corrected chi connectivity index (χ4v) is 2.25. The van der Waals surface area contributed by atoms with Gasteiger partial charge in [0.1, 0.15) is 0 Å². The van der Waals surface area contributed by atoms with Gasteiger partial charge in [-0.25, -0.2) is 0 Å². The van der Waals surface area contributed by atoms with Gasteiger partial charge in [0.15, 0.2) is 5.84 Å². The lowest BCUT2D eigenvalue weighted by molar-refractivity contribution is -0.137. The lowest BCUT2D eigenvalue weighted by atomic mass is 10.1. The third-order valence-electron chi connectivity index (χ3n) is 2.25. The fraction of sp³-hybridized carbons (Fsp3) is 0.364. The van der Waals surface area contributed by atoms with Crippen LogP contribution in [-0.4, -0.2) is 28.5 Å². The SMILES string of the molecule is NC(=NO)c1ccc(SCCCO)cc1C(F)(F)F. The van der Waals surface area contributed by atoms with Crippen molar-refractivity contribution in [1.29, 1.82) is 0 Å². The Bertz CT molecular complexity index is 464. The summed E-state index contributed by atoms with van der Waals surface area (Å²) in [6.45, 7) is -0.0126. The largest absolute Gasteiger partial charge is 0.417 e.